The van der Waals surface area contributed by atoms with Crippen LogP contribution in [0.1, 0.15) is 5.56 Å². The molecule has 0 atom stereocenters. The van der Waals surface area contributed by atoms with Crippen molar-refractivity contribution < 1.29 is 18.0 Å². The Balaban J connectivity index is 1.74. The highest BCUT2D eigenvalue weighted by molar-refractivity contribution is 6.30. The first kappa shape index (κ1) is 19.7. The van der Waals surface area contributed by atoms with E-state index in [4.69, 9.17) is 11.6 Å². The van der Waals surface area contributed by atoms with Gasteiger partial charge in [-0.05, 0) is 29.3 Å². The van der Waals surface area contributed by atoms with E-state index in [1.54, 1.807) is 24.3 Å². The molecule has 0 saturated carbocycles. The van der Waals surface area contributed by atoms with Crippen molar-refractivity contribution in [2.75, 3.05) is 5.32 Å². The Labute approximate surface area is 163 Å². The molecular formula is C20H14ClF3N2O2. The van der Waals surface area contributed by atoms with Gasteiger partial charge in [-0.2, -0.15) is 13.2 Å². The molecule has 0 bridgehead atoms. The van der Waals surface area contributed by atoms with Crippen LogP contribution in [0.4, 0.5) is 18.9 Å². The van der Waals surface area contributed by atoms with E-state index in [2.05, 4.69) is 5.32 Å². The van der Waals surface area contributed by atoms with Crippen molar-refractivity contribution in [1.29, 1.82) is 0 Å². The van der Waals surface area contributed by atoms with E-state index in [1.807, 2.05) is 30.3 Å². The first-order valence-corrected chi connectivity index (χ1v) is 8.54. The zero-order valence-electron chi connectivity index (χ0n) is 14.3. The van der Waals surface area contributed by atoms with Crippen LogP contribution in [0, 0.1) is 0 Å². The number of pyridine rings is 1. The lowest BCUT2D eigenvalue weighted by Crippen LogP contribution is -2.29. The standard InChI is InChI=1S/C20H14ClF3N2O2/c21-17-10-15(20(22,23)24)11-26(19(17)28)12-18(27)25-16-8-6-14(7-9-16)13-4-2-1-3-5-13/h1-11H,12H2,(H,25,27). The van der Waals surface area contributed by atoms with Crippen molar-refractivity contribution in [3.8, 4) is 11.1 Å². The number of alkyl halides is 3. The zero-order valence-corrected chi connectivity index (χ0v) is 15.1. The van der Waals surface area contributed by atoms with Gasteiger partial charge in [0.15, 0.2) is 0 Å². The lowest BCUT2D eigenvalue weighted by Gasteiger charge is -2.12. The lowest BCUT2D eigenvalue weighted by molar-refractivity contribution is -0.138. The molecule has 1 aromatic heterocycles. The molecule has 0 fully saturated rings. The zero-order chi connectivity index (χ0) is 20.3. The number of aromatic nitrogens is 1. The summed E-state index contributed by atoms with van der Waals surface area (Å²) in [5.74, 6) is -0.648. The molecule has 3 rings (SSSR count). The maximum absolute atomic E-state index is 12.9. The number of anilines is 1. The second-order valence-electron chi connectivity index (χ2n) is 6.00. The van der Waals surface area contributed by atoms with Crippen molar-refractivity contribution in [2.45, 2.75) is 12.7 Å². The van der Waals surface area contributed by atoms with Crippen LogP contribution in [0.25, 0.3) is 11.1 Å². The van der Waals surface area contributed by atoms with Gasteiger partial charge in [0.25, 0.3) is 5.56 Å². The fourth-order valence-electron chi connectivity index (χ4n) is 2.60. The summed E-state index contributed by atoms with van der Waals surface area (Å²) >= 11 is 5.58. The molecule has 28 heavy (non-hydrogen) atoms. The Bertz CT molecular complexity index is 1050. The van der Waals surface area contributed by atoms with Gasteiger partial charge >= 0.3 is 6.18 Å². The Hall–Kier alpha value is -3.06. The number of carbonyl (C=O) groups excluding carboxylic acids is 1. The number of hydrogen-bond acceptors (Lipinski definition) is 2. The normalized spacial score (nSPS) is 11.3. The molecule has 4 nitrogen and oxygen atoms in total. The van der Waals surface area contributed by atoms with E-state index in [0.717, 1.165) is 11.1 Å². The van der Waals surface area contributed by atoms with Gasteiger partial charge < -0.3 is 9.88 Å². The van der Waals surface area contributed by atoms with Crippen molar-refractivity contribution >= 4 is 23.2 Å². The van der Waals surface area contributed by atoms with E-state index >= 15 is 0 Å². The average molecular weight is 407 g/mol. The van der Waals surface area contributed by atoms with Gasteiger partial charge in [-0.1, -0.05) is 54.1 Å². The van der Waals surface area contributed by atoms with Crippen LogP contribution in [0.2, 0.25) is 5.02 Å². The van der Waals surface area contributed by atoms with Crippen molar-refractivity contribution in [2.24, 2.45) is 0 Å². The first-order chi connectivity index (χ1) is 13.2. The highest BCUT2D eigenvalue weighted by atomic mass is 35.5. The van der Waals surface area contributed by atoms with E-state index in [1.165, 1.54) is 0 Å². The summed E-state index contributed by atoms with van der Waals surface area (Å²) in [6.07, 6.45) is -4.10. The Morgan fingerprint density at radius 1 is 1.00 bits per heavy atom. The van der Waals surface area contributed by atoms with Gasteiger partial charge in [-0.15, -0.1) is 0 Å². The molecule has 0 aliphatic carbocycles. The average Bonchev–Trinajstić information content (AvgIpc) is 2.65. The van der Waals surface area contributed by atoms with Gasteiger partial charge in [0, 0.05) is 11.9 Å². The largest absolute Gasteiger partial charge is 0.417 e. The molecule has 2 aromatic carbocycles. The molecule has 0 aliphatic heterocycles. The van der Waals surface area contributed by atoms with E-state index in [0.29, 0.717) is 22.5 Å². The lowest BCUT2D eigenvalue weighted by atomic mass is 10.1. The maximum Gasteiger partial charge on any atom is 0.417 e. The van der Waals surface area contributed by atoms with E-state index < -0.39 is 34.8 Å². The van der Waals surface area contributed by atoms with Crippen LogP contribution >= 0.6 is 11.6 Å². The minimum Gasteiger partial charge on any atom is -0.325 e. The third-order valence-electron chi connectivity index (χ3n) is 3.96. The quantitative estimate of drug-likeness (QED) is 0.675. The number of nitrogens with zero attached hydrogens (tertiary/aromatic N) is 1. The first-order valence-electron chi connectivity index (χ1n) is 8.16. The van der Waals surface area contributed by atoms with Crippen molar-refractivity contribution in [3.05, 3.63) is 87.8 Å². The highest BCUT2D eigenvalue weighted by Crippen LogP contribution is 2.29. The van der Waals surface area contributed by atoms with Crippen LogP contribution in [0.3, 0.4) is 0 Å². The molecular weight excluding hydrogens is 393 g/mol. The van der Waals surface area contributed by atoms with Crippen LogP contribution in [-0.2, 0) is 17.5 Å². The van der Waals surface area contributed by atoms with Crippen LogP contribution in [0.5, 0.6) is 0 Å². The number of amides is 1. The third-order valence-corrected chi connectivity index (χ3v) is 4.23. The molecule has 1 heterocycles. The van der Waals surface area contributed by atoms with E-state index in [9.17, 15) is 22.8 Å². The predicted octanol–water partition coefficient (Wildman–Crippen LogP) is 4.83. The molecule has 0 aliphatic rings. The number of benzene rings is 2. The number of carbonyl (C=O) groups is 1. The number of rotatable bonds is 4. The second kappa shape index (κ2) is 7.90. The molecule has 0 spiro atoms. The minimum absolute atomic E-state index is 0.454. The maximum atomic E-state index is 12.9. The topological polar surface area (TPSA) is 51.1 Å². The Morgan fingerprint density at radius 2 is 1.61 bits per heavy atom. The smallest absolute Gasteiger partial charge is 0.325 e. The Morgan fingerprint density at radius 3 is 2.21 bits per heavy atom. The van der Waals surface area contributed by atoms with Crippen LogP contribution in [0.15, 0.2) is 71.7 Å². The van der Waals surface area contributed by atoms with Gasteiger partial charge in [0.1, 0.15) is 11.6 Å². The molecule has 8 heteroatoms. The molecule has 0 saturated heterocycles. The minimum atomic E-state index is -4.68. The highest BCUT2D eigenvalue weighted by Gasteiger charge is 2.32. The van der Waals surface area contributed by atoms with Gasteiger partial charge in [-0.3, -0.25) is 9.59 Å². The Kier molecular flexibility index (Phi) is 5.56. The number of nitrogens with one attached hydrogen (secondary N) is 1. The SMILES string of the molecule is O=C(Cn1cc(C(F)(F)F)cc(Cl)c1=O)Nc1ccc(-c2ccccc2)cc1. The molecule has 3 aromatic rings. The second-order valence-corrected chi connectivity index (χ2v) is 6.41. The fraction of sp³-hybridized carbons (Fsp3) is 0.100. The van der Waals surface area contributed by atoms with Gasteiger partial charge in [0.2, 0.25) is 5.91 Å². The molecule has 1 N–H and O–H groups in total. The van der Waals surface area contributed by atoms with Gasteiger partial charge in [0.05, 0.1) is 5.56 Å². The summed E-state index contributed by atoms with van der Waals surface area (Å²) in [5.41, 5.74) is 0.433. The molecule has 0 unspecified atom stereocenters. The van der Waals surface area contributed by atoms with Crippen molar-refractivity contribution in [1.82, 2.24) is 4.57 Å². The van der Waals surface area contributed by atoms with Gasteiger partial charge in [-0.25, -0.2) is 0 Å². The number of hydrogen-bond donors (Lipinski definition) is 1. The monoisotopic (exact) mass is 406 g/mol. The summed E-state index contributed by atoms with van der Waals surface area (Å²) in [7, 11) is 0. The van der Waals surface area contributed by atoms with Crippen molar-refractivity contribution in [3.63, 3.8) is 0 Å². The molecule has 0 radical (unpaired) electrons. The summed E-state index contributed by atoms with van der Waals surface area (Å²) in [6, 6.07) is 17.1. The number of halogens is 4. The fourth-order valence-corrected chi connectivity index (χ4v) is 2.83. The summed E-state index contributed by atoms with van der Waals surface area (Å²) in [6.45, 7) is -0.594. The summed E-state index contributed by atoms with van der Waals surface area (Å²) < 4.78 is 39.2. The molecule has 144 valence electrons. The molecule has 1 amide bonds. The van der Waals surface area contributed by atoms with E-state index in [-0.39, 0.29) is 0 Å². The predicted molar refractivity (Wildman–Crippen MR) is 101 cm³/mol. The third kappa shape index (κ3) is 4.61. The van der Waals surface area contributed by atoms with Crippen LogP contribution in [-0.4, -0.2) is 10.5 Å². The summed E-state index contributed by atoms with van der Waals surface area (Å²) in [5, 5.41) is 1.95. The summed E-state index contributed by atoms with van der Waals surface area (Å²) in [4.78, 5) is 24.1. The van der Waals surface area contributed by atoms with Crippen LogP contribution < -0.4 is 10.9 Å².